The molecule has 1 N–H and O–H groups in total. The van der Waals surface area contributed by atoms with E-state index in [4.69, 9.17) is 23.2 Å². The van der Waals surface area contributed by atoms with Crippen LogP contribution in [0.25, 0.3) is 11.3 Å². The van der Waals surface area contributed by atoms with Crippen molar-refractivity contribution in [3.8, 4) is 11.3 Å². The van der Waals surface area contributed by atoms with Gasteiger partial charge in [0.2, 0.25) is 5.91 Å². The summed E-state index contributed by atoms with van der Waals surface area (Å²) in [5, 5.41) is 8.03. The summed E-state index contributed by atoms with van der Waals surface area (Å²) in [7, 11) is 0. The molecule has 0 saturated carbocycles. The summed E-state index contributed by atoms with van der Waals surface area (Å²) in [6.07, 6.45) is 0.681. The molecule has 0 saturated heterocycles. The second-order valence-corrected chi connectivity index (χ2v) is 7.82. The maximum Gasteiger partial charge on any atom is 0.266 e. The van der Waals surface area contributed by atoms with E-state index in [-0.39, 0.29) is 17.9 Å². The fourth-order valence-electron chi connectivity index (χ4n) is 2.58. The minimum Gasteiger partial charge on any atom is -0.325 e. The Labute approximate surface area is 180 Å². The monoisotopic (exact) mass is 479 g/mol. The number of aryl methyl sites for hydroxylation is 1. The van der Waals surface area contributed by atoms with Gasteiger partial charge in [-0.25, -0.2) is 4.68 Å². The molecule has 8 heteroatoms. The minimum absolute atomic E-state index is 0.207. The standard InChI is InChI=1S/C20H16BrCl2N3O2/c21-14-5-3-13(4-6-14)17-9-10-20(28)26(25-17)11-1-2-19(27)24-18-12-15(22)7-8-16(18)23/h3-10,12H,1-2,11H2,(H,24,27). The van der Waals surface area contributed by atoms with Crippen LogP contribution in [0.4, 0.5) is 5.69 Å². The largest absolute Gasteiger partial charge is 0.325 e. The molecule has 0 aliphatic rings. The van der Waals surface area contributed by atoms with Gasteiger partial charge in [-0.2, -0.15) is 5.10 Å². The van der Waals surface area contributed by atoms with E-state index in [1.807, 2.05) is 24.3 Å². The van der Waals surface area contributed by atoms with Gasteiger partial charge in [0, 0.05) is 34.1 Å². The van der Waals surface area contributed by atoms with Crippen molar-refractivity contribution in [2.24, 2.45) is 0 Å². The highest BCUT2D eigenvalue weighted by Gasteiger charge is 2.08. The van der Waals surface area contributed by atoms with Crippen LogP contribution in [-0.2, 0) is 11.3 Å². The maximum absolute atomic E-state index is 12.1. The van der Waals surface area contributed by atoms with Gasteiger partial charge in [0.25, 0.3) is 5.56 Å². The van der Waals surface area contributed by atoms with Crippen LogP contribution in [0.2, 0.25) is 10.0 Å². The van der Waals surface area contributed by atoms with Crippen molar-refractivity contribution in [2.75, 3.05) is 5.32 Å². The van der Waals surface area contributed by atoms with Crippen molar-refractivity contribution in [1.82, 2.24) is 9.78 Å². The molecular weight excluding hydrogens is 465 g/mol. The van der Waals surface area contributed by atoms with Crippen molar-refractivity contribution in [3.05, 3.63) is 79.5 Å². The molecule has 1 amide bonds. The van der Waals surface area contributed by atoms with Crippen LogP contribution in [0.5, 0.6) is 0 Å². The lowest BCUT2D eigenvalue weighted by Gasteiger charge is -2.09. The van der Waals surface area contributed by atoms with Gasteiger partial charge in [-0.05, 0) is 42.8 Å². The number of anilines is 1. The molecule has 1 aromatic heterocycles. The Bertz CT molecular complexity index is 1050. The number of carbonyl (C=O) groups excluding carboxylic acids is 1. The van der Waals surface area contributed by atoms with Gasteiger partial charge in [0.15, 0.2) is 0 Å². The molecule has 2 aromatic carbocycles. The third-order valence-electron chi connectivity index (χ3n) is 3.98. The molecule has 3 rings (SSSR count). The fourth-order valence-corrected chi connectivity index (χ4v) is 3.18. The molecule has 0 aliphatic heterocycles. The van der Waals surface area contributed by atoms with Gasteiger partial charge < -0.3 is 5.32 Å². The average molecular weight is 481 g/mol. The van der Waals surface area contributed by atoms with Crippen LogP contribution in [-0.4, -0.2) is 15.7 Å². The first-order chi connectivity index (χ1) is 13.4. The third kappa shape index (κ3) is 5.44. The number of rotatable bonds is 6. The Balaban J connectivity index is 1.62. The predicted molar refractivity (Wildman–Crippen MR) is 116 cm³/mol. The Hall–Kier alpha value is -2.15. The Morgan fingerprint density at radius 3 is 2.57 bits per heavy atom. The lowest BCUT2D eigenvalue weighted by atomic mass is 10.1. The summed E-state index contributed by atoms with van der Waals surface area (Å²) >= 11 is 15.4. The molecule has 28 heavy (non-hydrogen) atoms. The minimum atomic E-state index is -0.209. The molecule has 0 unspecified atom stereocenters. The lowest BCUT2D eigenvalue weighted by Crippen LogP contribution is -2.23. The zero-order valence-corrected chi connectivity index (χ0v) is 17.8. The van der Waals surface area contributed by atoms with Crippen LogP contribution in [0, 0.1) is 0 Å². The highest BCUT2D eigenvalue weighted by atomic mass is 79.9. The van der Waals surface area contributed by atoms with Gasteiger partial charge in [-0.3, -0.25) is 9.59 Å². The van der Waals surface area contributed by atoms with Gasteiger partial charge in [-0.15, -0.1) is 0 Å². The van der Waals surface area contributed by atoms with E-state index in [0.29, 0.717) is 34.4 Å². The van der Waals surface area contributed by atoms with Crippen molar-refractivity contribution in [1.29, 1.82) is 0 Å². The van der Waals surface area contributed by atoms with E-state index in [1.54, 1.807) is 24.3 Å². The second kappa shape index (κ2) is 9.37. The van der Waals surface area contributed by atoms with Gasteiger partial charge in [0.05, 0.1) is 16.4 Å². The van der Waals surface area contributed by atoms with E-state index in [1.165, 1.54) is 10.7 Å². The molecule has 144 valence electrons. The van der Waals surface area contributed by atoms with Crippen molar-refractivity contribution in [3.63, 3.8) is 0 Å². The van der Waals surface area contributed by atoms with E-state index in [9.17, 15) is 9.59 Å². The number of benzene rings is 2. The average Bonchev–Trinajstić information content (AvgIpc) is 2.67. The summed E-state index contributed by atoms with van der Waals surface area (Å²) in [6.45, 7) is 0.333. The van der Waals surface area contributed by atoms with E-state index in [0.717, 1.165) is 10.0 Å². The first-order valence-corrected chi connectivity index (χ1v) is 10.1. The topological polar surface area (TPSA) is 64.0 Å². The molecule has 0 spiro atoms. The molecule has 5 nitrogen and oxygen atoms in total. The van der Waals surface area contributed by atoms with Crippen molar-refractivity contribution in [2.45, 2.75) is 19.4 Å². The Kier molecular flexibility index (Phi) is 6.88. The number of carbonyl (C=O) groups is 1. The SMILES string of the molecule is O=C(CCCn1nc(-c2ccc(Br)cc2)ccc1=O)Nc1cc(Cl)ccc1Cl. The highest BCUT2D eigenvalue weighted by molar-refractivity contribution is 9.10. The number of hydrogen-bond acceptors (Lipinski definition) is 3. The van der Waals surface area contributed by atoms with Crippen LogP contribution in [0.1, 0.15) is 12.8 Å². The normalized spacial score (nSPS) is 10.7. The molecule has 3 aromatic rings. The molecular formula is C20H16BrCl2N3O2. The first-order valence-electron chi connectivity index (χ1n) is 8.51. The fraction of sp³-hybridized carbons (Fsp3) is 0.150. The Morgan fingerprint density at radius 1 is 1.07 bits per heavy atom. The lowest BCUT2D eigenvalue weighted by molar-refractivity contribution is -0.116. The van der Waals surface area contributed by atoms with Crippen molar-refractivity contribution >= 4 is 50.7 Å². The zero-order valence-electron chi connectivity index (χ0n) is 14.7. The quantitative estimate of drug-likeness (QED) is 0.513. The molecule has 1 heterocycles. The summed E-state index contributed by atoms with van der Waals surface area (Å²) in [6, 6.07) is 15.7. The molecule has 0 atom stereocenters. The van der Waals surface area contributed by atoms with Crippen LogP contribution in [0.3, 0.4) is 0 Å². The summed E-state index contributed by atoms with van der Waals surface area (Å²) in [5.41, 5.74) is 1.86. The molecule has 0 aliphatic carbocycles. The first kappa shape index (κ1) is 20.6. The van der Waals surface area contributed by atoms with Gasteiger partial charge in [0.1, 0.15) is 0 Å². The maximum atomic E-state index is 12.1. The summed E-state index contributed by atoms with van der Waals surface area (Å²) < 4.78 is 2.34. The number of nitrogens with one attached hydrogen (secondary N) is 1. The molecule has 0 bridgehead atoms. The zero-order chi connectivity index (χ0) is 20.1. The number of amides is 1. The molecule has 0 fully saturated rings. The number of hydrogen-bond donors (Lipinski definition) is 1. The smallest absolute Gasteiger partial charge is 0.266 e. The van der Waals surface area contributed by atoms with Crippen LogP contribution < -0.4 is 10.9 Å². The van der Waals surface area contributed by atoms with Gasteiger partial charge in [-0.1, -0.05) is 51.3 Å². The van der Waals surface area contributed by atoms with E-state index in [2.05, 4.69) is 26.3 Å². The van der Waals surface area contributed by atoms with E-state index >= 15 is 0 Å². The van der Waals surface area contributed by atoms with Gasteiger partial charge >= 0.3 is 0 Å². The second-order valence-electron chi connectivity index (χ2n) is 6.06. The molecule has 0 radical (unpaired) electrons. The van der Waals surface area contributed by atoms with E-state index < -0.39 is 0 Å². The Morgan fingerprint density at radius 2 is 1.82 bits per heavy atom. The van der Waals surface area contributed by atoms with Crippen LogP contribution in [0.15, 0.2) is 63.9 Å². The number of aromatic nitrogens is 2. The predicted octanol–water partition coefficient (Wildman–Crippen LogP) is 5.40. The van der Waals surface area contributed by atoms with Crippen LogP contribution >= 0.6 is 39.1 Å². The third-order valence-corrected chi connectivity index (χ3v) is 5.08. The van der Waals surface area contributed by atoms with Crippen molar-refractivity contribution < 1.29 is 4.79 Å². The highest BCUT2D eigenvalue weighted by Crippen LogP contribution is 2.25. The summed E-state index contributed by atoms with van der Waals surface area (Å²) in [5.74, 6) is -0.207. The number of halogens is 3. The number of nitrogens with zero attached hydrogens (tertiary/aromatic N) is 2. The summed E-state index contributed by atoms with van der Waals surface area (Å²) in [4.78, 5) is 24.2.